The number of hydrogen-bond acceptors (Lipinski definition) is 8. The van der Waals surface area contributed by atoms with Crippen molar-refractivity contribution in [3.05, 3.63) is 36.0 Å². The number of aliphatic imine (C=N–C) groups is 1. The highest BCUT2D eigenvalue weighted by Crippen LogP contribution is 2.33. The number of nitrogens with zero attached hydrogens (tertiary/aromatic N) is 3. The molecule has 0 unspecified atom stereocenters. The summed E-state index contributed by atoms with van der Waals surface area (Å²) in [5.74, 6) is -2.97. The van der Waals surface area contributed by atoms with Crippen LogP contribution in [0.1, 0.15) is 32.3 Å². The molecule has 2 aliphatic heterocycles. The van der Waals surface area contributed by atoms with Crippen LogP contribution >= 0.6 is 11.8 Å². The van der Waals surface area contributed by atoms with Gasteiger partial charge in [0.1, 0.15) is 24.2 Å². The van der Waals surface area contributed by atoms with Crippen LogP contribution in [0.25, 0.3) is 10.9 Å². The number of para-hydroxylation sites is 1. The highest BCUT2D eigenvalue weighted by Gasteiger charge is 2.49. The van der Waals surface area contributed by atoms with E-state index >= 15 is 0 Å². The number of nitrogens with two attached hydrogens (primary N) is 3. The standard InChI is InChI=1S/C29H40N10O6S/c1-15(35-16(2)40)26(43)37-21-14-46-24-13-38(12-23(41)36-20(25(30)42)8-5-9-33-29(31)32)28(45)22(39(24)27(21)44)10-17-11-34-19-7-4-3-6-18(17)19/h3-4,6-7,11,15,20-22,24,34H,5,8-10,12-14H2,1-2H3,(H2,30,42)(H,35,40)(H,36,41)(H,37,43)(H4,31,32,33)/t15-,20-,21-,22-,24-/m0/s1. The van der Waals surface area contributed by atoms with Gasteiger partial charge in [0.2, 0.25) is 35.4 Å². The van der Waals surface area contributed by atoms with Gasteiger partial charge in [0, 0.05) is 42.7 Å². The van der Waals surface area contributed by atoms with E-state index in [0.717, 1.165) is 16.5 Å². The lowest BCUT2D eigenvalue weighted by Gasteiger charge is -2.49. The van der Waals surface area contributed by atoms with Crippen molar-refractivity contribution in [2.45, 2.75) is 62.7 Å². The van der Waals surface area contributed by atoms with Crippen LogP contribution in [0.3, 0.4) is 0 Å². The lowest BCUT2D eigenvalue weighted by molar-refractivity contribution is -0.155. The summed E-state index contributed by atoms with van der Waals surface area (Å²) in [4.78, 5) is 87.1. The van der Waals surface area contributed by atoms with E-state index in [2.05, 4.69) is 25.9 Å². The van der Waals surface area contributed by atoms with Gasteiger partial charge in [-0.3, -0.25) is 33.8 Å². The maximum Gasteiger partial charge on any atom is 0.247 e. The van der Waals surface area contributed by atoms with Crippen molar-refractivity contribution in [2.75, 3.05) is 25.4 Å². The minimum Gasteiger partial charge on any atom is -0.370 e. The van der Waals surface area contributed by atoms with Crippen LogP contribution in [0.2, 0.25) is 0 Å². The van der Waals surface area contributed by atoms with Gasteiger partial charge in [-0.25, -0.2) is 0 Å². The van der Waals surface area contributed by atoms with Gasteiger partial charge in [0.15, 0.2) is 5.96 Å². The molecule has 0 saturated carbocycles. The second-order valence-electron chi connectivity index (χ2n) is 11.3. The van der Waals surface area contributed by atoms with Crippen molar-refractivity contribution in [1.29, 1.82) is 0 Å². The predicted octanol–water partition coefficient (Wildman–Crippen LogP) is -2.14. The second-order valence-corrected chi connectivity index (χ2v) is 12.5. The number of rotatable bonds is 13. The number of benzene rings is 1. The van der Waals surface area contributed by atoms with Gasteiger partial charge in [0.05, 0.1) is 18.5 Å². The fourth-order valence-corrected chi connectivity index (χ4v) is 6.93. The van der Waals surface area contributed by atoms with Gasteiger partial charge < -0.3 is 47.9 Å². The van der Waals surface area contributed by atoms with E-state index in [-0.39, 0.29) is 50.1 Å². The maximum atomic E-state index is 14.0. The Hall–Kier alpha value is -4.80. The molecule has 5 atom stereocenters. The first kappa shape index (κ1) is 34.1. The molecule has 2 aliphatic rings. The largest absolute Gasteiger partial charge is 0.370 e. The van der Waals surface area contributed by atoms with Gasteiger partial charge in [-0.05, 0) is 31.4 Å². The molecular weight excluding hydrogens is 616 g/mol. The molecule has 1 aromatic heterocycles. The smallest absolute Gasteiger partial charge is 0.247 e. The normalized spacial score (nSPS) is 20.8. The van der Waals surface area contributed by atoms with Crippen molar-refractivity contribution >= 4 is 64.1 Å². The third kappa shape index (κ3) is 8.26. The SMILES string of the molecule is CC(=O)N[C@@H](C)C(=O)N[C@H]1CS[C@H]2CN(CC(=O)N[C@@H](CCCN=C(N)N)C(N)=O)C(=O)[C@H](Cc3c[nH]c4ccccc34)N2C1=O. The summed E-state index contributed by atoms with van der Waals surface area (Å²) in [6.45, 7) is 2.76. The van der Waals surface area contributed by atoms with E-state index < -0.39 is 59.1 Å². The average Bonchev–Trinajstić information content (AvgIpc) is 3.40. The Bertz CT molecular complexity index is 1520. The number of H-pyrrole nitrogens is 1. The third-order valence-electron chi connectivity index (χ3n) is 7.80. The summed E-state index contributed by atoms with van der Waals surface area (Å²) in [6, 6.07) is 3.81. The summed E-state index contributed by atoms with van der Waals surface area (Å²) < 4.78 is 0. The molecular formula is C29H40N10O6S. The van der Waals surface area contributed by atoms with Crippen LogP contribution in [-0.4, -0.2) is 111 Å². The number of aromatic amines is 1. The van der Waals surface area contributed by atoms with Crippen LogP contribution in [0.5, 0.6) is 0 Å². The Kier molecular flexibility index (Phi) is 11.1. The molecule has 2 aromatic rings. The van der Waals surface area contributed by atoms with Crippen LogP contribution < -0.4 is 33.2 Å². The first-order valence-electron chi connectivity index (χ1n) is 14.8. The van der Waals surface area contributed by atoms with Gasteiger partial charge in [-0.1, -0.05) is 18.2 Å². The topological polar surface area (TPSA) is 251 Å². The molecule has 0 aliphatic carbocycles. The molecule has 4 rings (SSSR count). The first-order valence-corrected chi connectivity index (χ1v) is 15.9. The lowest BCUT2D eigenvalue weighted by atomic mass is 9.99. The molecule has 46 heavy (non-hydrogen) atoms. The molecule has 0 bridgehead atoms. The number of aromatic nitrogens is 1. The number of hydrogen-bond donors (Lipinski definition) is 7. The number of fused-ring (bicyclic) bond motifs is 2. The molecule has 6 amide bonds. The summed E-state index contributed by atoms with van der Waals surface area (Å²) in [5.41, 5.74) is 17.8. The number of guanidine groups is 1. The Morgan fingerprint density at radius 3 is 2.54 bits per heavy atom. The zero-order valence-electron chi connectivity index (χ0n) is 25.7. The fourth-order valence-electron chi connectivity index (χ4n) is 5.59. The van der Waals surface area contributed by atoms with Crippen molar-refractivity contribution < 1.29 is 28.8 Å². The Balaban J connectivity index is 1.53. The number of amides is 6. The van der Waals surface area contributed by atoms with Crippen LogP contribution in [-0.2, 0) is 35.2 Å². The minimum absolute atomic E-state index is 0.0573. The van der Waals surface area contributed by atoms with Crippen molar-refractivity contribution in [3.8, 4) is 0 Å². The quantitative estimate of drug-likeness (QED) is 0.0704. The molecule has 2 saturated heterocycles. The highest BCUT2D eigenvalue weighted by atomic mass is 32.2. The summed E-state index contributed by atoms with van der Waals surface area (Å²) in [7, 11) is 0. The Morgan fingerprint density at radius 2 is 1.85 bits per heavy atom. The third-order valence-corrected chi connectivity index (χ3v) is 9.09. The second kappa shape index (κ2) is 15.0. The predicted molar refractivity (Wildman–Crippen MR) is 172 cm³/mol. The molecule has 17 heteroatoms. The molecule has 3 heterocycles. The zero-order valence-corrected chi connectivity index (χ0v) is 26.5. The van der Waals surface area contributed by atoms with Gasteiger partial charge in [0.25, 0.3) is 0 Å². The van der Waals surface area contributed by atoms with E-state index in [1.807, 2.05) is 24.3 Å². The lowest BCUT2D eigenvalue weighted by Crippen LogP contribution is -2.69. The Labute approximate surface area is 269 Å². The number of carbonyl (C=O) groups is 6. The number of primary amides is 1. The minimum atomic E-state index is -0.991. The summed E-state index contributed by atoms with van der Waals surface area (Å²) >= 11 is 1.38. The monoisotopic (exact) mass is 656 g/mol. The zero-order chi connectivity index (χ0) is 33.5. The Morgan fingerprint density at radius 1 is 1.11 bits per heavy atom. The molecule has 2 fully saturated rings. The van der Waals surface area contributed by atoms with Gasteiger partial charge in [-0.15, -0.1) is 11.8 Å². The molecule has 1 aromatic carbocycles. The molecule has 248 valence electrons. The molecule has 0 radical (unpaired) electrons. The number of thioether (sulfide) groups is 1. The number of nitrogens with one attached hydrogen (secondary N) is 4. The van der Waals surface area contributed by atoms with Crippen LogP contribution in [0.4, 0.5) is 0 Å². The number of carbonyl (C=O) groups excluding carboxylic acids is 6. The van der Waals surface area contributed by atoms with E-state index in [0.29, 0.717) is 6.42 Å². The molecule has 10 N–H and O–H groups in total. The summed E-state index contributed by atoms with van der Waals surface area (Å²) in [5, 5.41) is 8.20. The summed E-state index contributed by atoms with van der Waals surface area (Å²) in [6.07, 6.45) is 2.53. The van der Waals surface area contributed by atoms with Crippen molar-refractivity contribution in [3.63, 3.8) is 0 Å². The van der Waals surface area contributed by atoms with Crippen LogP contribution in [0.15, 0.2) is 35.5 Å². The van der Waals surface area contributed by atoms with Crippen molar-refractivity contribution in [1.82, 2.24) is 30.7 Å². The fraction of sp³-hybridized carbons (Fsp3) is 0.483. The van der Waals surface area contributed by atoms with E-state index in [4.69, 9.17) is 17.2 Å². The van der Waals surface area contributed by atoms with E-state index in [1.165, 1.54) is 35.4 Å². The number of piperazine rings is 1. The average molecular weight is 657 g/mol. The van der Waals surface area contributed by atoms with Crippen LogP contribution in [0, 0.1) is 0 Å². The van der Waals surface area contributed by atoms with Crippen molar-refractivity contribution in [2.24, 2.45) is 22.2 Å². The van der Waals surface area contributed by atoms with E-state index in [9.17, 15) is 28.8 Å². The maximum absolute atomic E-state index is 14.0. The van der Waals surface area contributed by atoms with Gasteiger partial charge in [-0.2, -0.15) is 0 Å². The van der Waals surface area contributed by atoms with Gasteiger partial charge >= 0.3 is 0 Å². The highest BCUT2D eigenvalue weighted by molar-refractivity contribution is 8.00. The molecule has 16 nitrogen and oxygen atoms in total. The first-order chi connectivity index (χ1) is 21.8. The molecule has 0 spiro atoms. The van der Waals surface area contributed by atoms with E-state index in [1.54, 1.807) is 6.20 Å².